The average Bonchev–Trinajstić information content (AvgIpc) is 2.49. The number of rotatable bonds is 3. The molecule has 21 heavy (non-hydrogen) atoms. The molecule has 0 aliphatic rings. The van der Waals surface area contributed by atoms with Crippen molar-refractivity contribution in [3.05, 3.63) is 93.9 Å². The SMILES string of the molecule is Nc1nc(C(c2ccccc2)c2ccccc2)cc(=O)[nH]1. The zero-order valence-electron chi connectivity index (χ0n) is 11.4. The predicted octanol–water partition coefficient (Wildman–Crippen LogP) is 2.53. The fraction of sp³-hybridized carbons (Fsp3) is 0.0588. The zero-order valence-corrected chi connectivity index (χ0v) is 11.4. The molecular weight excluding hydrogens is 262 g/mol. The van der Waals surface area contributed by atoms with Crippen LogP contribution in [0.25, 0.3) is 0 Å². The molecule has 1 heterocycles. The van der Waals surface area contributed by atoms with Gasteiger partial charge in [-0.3, -0.25) is 9.78 Å². The first-order valence-electron chi connectivity index (χ1n) is 6.70. The predicted molar refractivity (Wildman–Crippen MR) is 83.1 cm³/mol. The molecule has 3 N–H and O–H groups in total. The number of nitrogens with zero attached hydrogens (tertiary/aromatic N) is 1. The third kappa shape index (κ3) is 2.84. The molecule has 0 bridgehead atoms. The van der Waals surface area contributed by atoms with E-state index < -0.39 is 0 Å². The molecule has 0 aliphatic heterocycles. The summed E-state index contributed by atoms with van der Waals surface area (Å²) in [6, 6.07) is 21.4. The summed E-state index contributed by atoms with van der Waals surface area (Å²) in [6.45, 7) is 0. The highest BCUT2D eigenvalue weighted by Crippen LogP contribution is 2.29. The van der Waals surface area contributed by atoms with Crippen LogP contribution in [0.4, 0.5) is 5.95 Å². The van der Waals surface area contributed by atoms with Gasteiger partial charge in [0, 0.05) is 6.07 Å². The van der Waals surface area contributed by atoms with Gasteiger partial charge < -0.3 is 5.73 Å². The third-order valence-electron chi connectivity index (χ3n) is 3.34. The van der Waals surface area contributed by atoms with Crippen molar-refractivity contribution in [2.24, 2.45) is 0 Å². The Morgan fingerprint density at radius 1 is 0.905 bits per heavy atom. The minimum absolute atomic E-state index is 0.114. The molecule has 4 nitrogen and oxygen atoms in total. The van der Waals surface area contributed by atoms with Crippen LogP contribution < -0.4 is 11.3 Å². The molecule has 104 valence electrons. The summed E-state index contributed by atoms with van der Waals surface area (Å²) in [5, 5.41) is 0. The first kappa shape index (κ1) is 13.1. The molecular formula is C17H15N3O. The quantitative estimate of drug-likeness (QED) is 0.772. The Bertz CT molecular complexity index is 742. The fourth-order valence-electron chi connectivity index (χ4n) is 2.47. The number of benzene rings is 2. The molecule has 0 fully saturated rings. The normalized spacial score (nSPS) is 10.7. The molecule has 0 saturated carbocycles. The minimum Gasteiger partial charge on any atom is -0.369 e. The van der Waals surface area contributed by atoms with E-state index in [-0.39, 0.29) is 17.4 Å². The third-order valence-corrected chi connectivity index (χ3v) is 3.34. The van der Waals surface area contributed by atoms with E-state index in [2.05, 4.69) is 9.97 Å². The van der Waals surface area contributed by atoms with E-state index in [4.69, 9.17) is 5.73 Å². The molecule has 2 aromatic carbocycles. The van der Waals surface area contributed by atoms with E-state index in [1.165, 1.54) is 6.07 Å². The van der Waals surface area contributed by atoms with Crippen LogP contribution in [0, 0.1) is 0 Å². The lowest BCUT2D eigenvalue weighted by molar-refractivity contribution is 0.900. The Labute approximate surface area is 122 Å². The Kier molecular flexibility index (Phi) is 3.51. The van der Waals surface area contributed by atoms with Crippen LogP contribution in [0.2, 0.25) is 0 Å². The topological polar surface area (TPSA) is 71.8 Å². The molecule has 0 saturated heterocycles. The van der Waals surface area contributed by atoms with E-state index >= 15 is 0 Å². The van der Waals surface area contributed by atoms with Crippen molar-refractivity contribution < 1.29 is 0 Å². The van der Waals surface area contributed by atoms with E-state index in [1.807, 2.05) is 60.7 Å². The second-order valence-electron chi connectivity index (χ2n) is 4.81. The van der Waals surface area contributed by atoms with E-state index in [1.54, 1.807) is 0 Å². The van der Waals surface area contributed by atoms with Crippen molar-refractivity contribution in [1.29, 1.82) is 0 Å². The van der Waals surface area contributed by atoms with Crippen molar-refractivity contribution >= 4 is 5.95 Å². The van der Waals surface area contributed by atoms with Gasteiger partial charge in [-0.15, -0.1) is 0 Å². The summed E-state index contributed by atoms with van der Waals surface area (Å²) in [7, 11) is 0. The molecule has 1 aromatic heterocycles. The van der Waals surface area contributed by atoms with Gasteiger partial charge >= 0.3 is 0 Å². The van der Waals surface area contributed by atoms with Crippen LogP contribution in [0.3, 0.4) is 0 Å². The first-order valence-corrected chi connectivity index (χ1v) is 6.70. The van der Waals surface area contributed by atoms with Gasteiger partial charge in [0.1, 0.15) is 0 Å². The molecule has 4 heteroatoms. The Morgan fingerprint density at radius 2 is 1.43 bits per heavy atom. The van der Waals surface area contributed by atoms with Crippen molar-refractivity contribution in [2.75, 3.05) is 5.73 Å². The zero-order chi connectivity index (χ0) is 14.7. The fourth-order valence-corrected chi connectivity index (χ4v) is 2.47. The molecule has 0 unspecified atom stereocenters. The number of aromatic nitrogens is 2. The number of nitrogens with one attached hydrogen (secondary N) is 1. The van der Waals surface area contributed by atoms with Gasteiger partial charge in [-0.05, 0) is 11.1 Å². The van der Waals surface area contributed by atoms with Crippen LogP contribution in [0.1, 0.15) is 22.7 Å². The summed E-state index contributed by atoms with van der Waals surface area (Å²) in [5.41, 5.74) is 8.23. The molecule has 0 spiro atoms. The van der Waals surface area contributed by atoms with Crippen molar-refractivity contribution in [3.63, 3.8) is 0 Å². The molecule has 3 aromatic rings. The minimum atomic E-state index is -0.241. The van der Waals surface area contributed by atoms with Crippen LogP contribution in [-0.4, -0.2) is 9.97 Å². The highest BCUT2D eigenvalue weighted by Gasteiger charge is 2.18. The summed E-state index contributed by atoms with van der Waals surface area (Å²) in [6.07, 6.45) is 0. The summed E-state index contributed by atoms with van der Waals surface area (Å²) >= 11 is 0. The van der Waals surface area contributed by atoms with Crippen LogP contribution >= 0.6 is 0 Å². The van der Waals surface area contributed by atoms with Gasteiger partial charge in [-0.25, -0.2) is 4.98 Å². The highest BCUT2D eigenvalue weighted by atomic mass is 16.1. The van der Waals surface area contributed by atoms with Gasteiger partial charge in [-0.1, -0.05) is 60.7 Å². The van der Waals surface area contributed by atoms with Crippen LogP contribution in [0.15, 0.2) is 71.5 Å². The smallest absolute Gasteiger partial charge is 0.252 e. The van der Waals surface area contributed by atoms with E-state index in [0.717, 1.165) is 11.1 Å². The van der Waals surface area contributed by atoms with Crippen molar-refractivity contribution in [1.82, 2.24) is 9.97 Å². The monoisotopic (exact) mass is 277 g/mol. The van der Waals surface area contributed by atoms with Crippen LogP contribution in [0.5, 0.6) is 0 Å². The Hall–Kier alpha value is -2.88. The first-order chi connectivity index (χ1) is 10.2. The molecule has 0 atom stereocenters. The van der Waals surface area contributed by atoms with E-state index in [9.17, 15) is 4.79 Å². The van der Waals surface area contributed by atoms with Crippen molar-refractivity contribution in [2.45, 2.75) is 5.92 Å². The lowest BCUT2D eigenvalue weighted by atomic mass is 9.88. The maximum Gasteiger partial charge on any atom is 0.252 e. The second kappa shape index (κ2) is 5.63. The maximum atomic E-state index is 11.7. The number of H-pyrrole nitrogens is 1. The van der Waals surface area contributed by atoms with Gasteiger partial charge in [0.15, 0.2) is 0 Å². The Balaban J connectivity index is 2.19. The molecule has 0 amide bonds. The number of nitrogens with two attached hydrogens (primary N) is 1. The lowest BCUT2D eigenvalue weighted by Gasteiger charge is -2.17. The van der Waals surface area contributed by atoms with Crippen LogP contribution in [-0.2, 0) is 0 Å². The summed E-state index contributed by atoms with van der Waals surface area (Å²) < 4.78 is 0. The van der Waals surface area contributed by atoms with Crippen molar-refractivity contribution in [3.8, 4) is 0 Å². The number of anilines is 1. The maximum absolute atomic E-state index is 11.7. The summed E-state index contributed by atoms with van der Waals surface area (Å²) in [5.74, 6) is 0.0198. The van der Waals surface area contributed by atoms with Gasteiger partial charge in [0.2, 0.25) is 5.95 Å². The standard InChI is InChI=1S/C17H15N3O/c18-17-19-14(11-15(21)20-17)16(12-7-3-1-4-8-12)13-9-5-2-6-10-13/h1-11,16H,(H3,18,19,20,21). The summed E-state index contributed by atoms with van der Waals surface area (Å²) in [4.78, 5) is 18.5. The lowest BCUT2D eigenvalue weighted by Crippen LogP contribution is -2.15. The molecule has 3 rings (SSSR count). The second-order valence-corrected chi connectivity index (χ2v) is 4.81. The van der Waals surface area contributed by atoms with Gasteiger partial charge in [0.05, 0.1) is 11.6 Å². The molecule has 0 radical (unpaired) electrons. The number of nitrogen functional groups attached to an aromatic ring is 1. The van der Waals surface area contributed by atoms with Gasteiger partial charge in [-0.2, -0.15) is 0 Å². The largest absolute Gasteiger partial charge is 0.369 e. The Morgan fingerprint density at radius 3 is 1.90 bits per heavy atom. The number of aromatic amines is 1. The average molecular weight is 277 g/mol. The van der Waals surface area contributed by atoms with E-state index in [0.29, 0.717) is 5.69 Å². The number of hydrogen-bond acceptors (Lipinski definition) is 3. The highest BCUT2D eigenvalue weighted by molar-refractivity contribution is 5.41. The van der Waals surface area contributed by atoms with Gasteiger partial charge in [0.25, 0.3) is 5.56 Å². The molecule has 0 aliphatic carbocycles. The number of hydrogen-bond donors (Lipinski definition) is 2.